The molecule has 92 valence electrons. The summed E-state index contributed by atoms with van der Waals surface area (Å²) in [5.41, 5.74) is 9.71. The van der Waals surface area contributed by atoms with E-state index in [1.54, 1.807) is 12.1 Å². The van der Waals surface area contributed by atoms with Gasteiger partial charge in [-0.15, -0.1) is 0 Å². The highest BCUT2D eigenvalue weighted by atomic mass is 79.9. The van der Waals surface area contributed by atoms with Crippen molar-refractivity contribution < 1.29 is 4.79 Å². The molecule has 0 aromatic heterocycles. The molecule has 1 aliphatic heterocycles. The highest BCUT2D eigenvalue weighted by Crippen LogP contribution is 2.18. The van der Waals surface area contributed by atoms with Crippen LogP contribution >= 0.6 is 15.9 Å². The fourth-order valence-electron chi connectivity index (χ4n) is 1.93. The minimum atomic E-state index is -0.134. The van der Waals surface area contributed by atoms with Gasteiger partial charge in [0.05, 0.1) is 5.56 Å². The number of hydrogen-bond acceptors (Lipinski definition) is 3. The van der Waals surface area contributed by atoms with E-state index in [1.807, 2.05) is 11.1 Å². The summed E-state index contributed by atoms with van der Waals surface area (Å²) in [7, 11) is 0. The van der Waals surface area contributed by atoms with Crippen molar-refractivity contribution in [2.24, 2.45) is 0 Å². The van der Waals surface area contributed by atoms with Crippen molar-refractivity contribution in [3.63, 3.8) is 0 Å². The second-order valence-electron chi connectivity index (χ2n) is 4.22. The highest BCUT2D eigenvalue weighted by Gasteiger charge is 2.15. The first-order chi connectivity index (χ1) is 8.16. The number of rotatable bonds is 2. The van der Waals surface area contributed by atoms with Crippen LogP contribution in [0.1, 0.15) is 29.6 Å². The number of carbonyl (C=O) groups is 1. The second-order valence-corrected chi connectivity index (χ2v) is 5.14. The van der Waals surface area contributed by atoms with E-state index in [2.05, 4.69) is 21.4 Å². The summed E-state index contributed by atoms with van der Waals surface area (Å²) >= 11 is 3.34. The minimum Gasteiger partial charge on any atom is -0.398 e. The largest absolute Gasteiger partial charge is 0.398 e. The molecular formula is C12H16BrN3O. The molecule has 0 spiro atoms. The number of nitrogen functional groups attached to an aromatic ring is 1. The third kappa shape index (κ3) is 3.20. The van der Waals surface area contributed by atoms with Crippen molar-refractivity contribution in [3.8, 4) is 0 Å². The molecule has 1 aliphatic rings. The summed E-state index contributed by atoms with van der Waals surface area (Å²) in [4.78, 5) is 12.0. The molecule has 0 unspecified atom stereocenters. The minimum absolute atomic E-state index is 0.134. The molecule has 1 heterocycles. The van der Waals surface area contributed by atoms with E-state index in [0.29, 0.717) is 11.3 Å². The molecule has 1 fully saturated rings. The van der Waals surface area contributed by atoms with Crippen LogP contribution in [-0.2, 0) is 0 Å². The predicted octanol–water partition coefficient (Wildman–Crippen LogP) is 2.16. The van der Waals surface area contributed by atoms with Crippen LogP contribution in [-0.4, -0.2) is 24.0 Å². The lowest BCUT2D eigenvalue weighted by Crippen LogP contribution is -2.45. The van der Waals surface area contributed by atoms with Crippen LogP contribution < -0.4 is 11.2 Å². The van der Waals surface area contributed by atoms with Crippen LogP contribution in [0.3, 0.4) is 0 Å². The van der Waals surface area contributed by atoms with Gasteiger partial charge in [0.1, 0.15) is 0 Å². The van der Waals surface area contributed by atoms with Crippen molar-refractivity contribution in [2.75, 3.05) is 18.8 Å². The van der Waals surface area contributed by atoms with Gasteiger partial charge in [0.2, 0.25) is 0 Å². The lowest BCUT2D eigenvalue weighted by atomic mass is 10.1. The Labute approximate surface area is 109 Å². The van der Waals surface area contributed by atoms with Crippen LogP contribution in [0.15, 0.2) is 22.7 Å². The number of hydrazine groups is 1. The Morgan fingerprint density at radius 2 is 2.00 bits per heavy atom. The smallest absolute Gasteiger partial charge is 0.267 e. The Balaban J connectivity index is 2.05. The molecule has 1 amide bonds. The Morgan fingerprint density at radius 3 is 2.71 bits per heavy atom. The van der Waals surface area contributed by atoms with Gasteiger partial charge in [0, 0.05) is 23.2 Å². The van der Waals surface area contributed by atoms with Gasteiger partial charge >= 0.3 is 0 Å². The standard InChI is InChI=1S/C12H16BrN3O/c13-9-4-5-11(14)10(8-9)12(17)15-16-6-2-1-3-7-16/h4-5,8H,1-3,6-7,14H2,(H,15,17). The summed E-state index contributed by atoms with van der Waals surface area (Å²) < 4.78 is 0.857. The molecule has 0 radical (unpaired) electrons. The van der Waals surface area contributed by atoms with Gasteiger partial charge in [0.25, 0.3) is 5.91 Å². The summed E-state index contributed by atoms with van der Waals surface area (Å²) in [5, 5.41) is 1.96. The van der Waals surface area contributed by atoms with Crippen LogP contribution in [0.25, 0.3) is 0 Å². The molecule has 17 heavy (non-hydrogen) atoms. The molecule has 3 N–H and O–H groups in total. The summed E-state index contributed by atoms with van der Waals surface area (Å²) in [6, 6.07) is 5.30. The van der Waals surface area contributed by atoms with Crippen LogP contribution in [0.5, 0.6) is 0 Å². The maximum Gasteiger partial charge on any atom is 0.267 e. The zero-order valence-corrected chi connectivity index (χ0v) is 11.2. The first kappa shape index (κ1) is 12.4. The quantitative estimate of drug-likeness (QED) is 0.823. The van der Waals surface area contributed by atoms with Gasteiger partial charge in [-0.1, -0.05) is 22.4 Å². The number of piperidine rings is 1. The van der Waals surface area contributed by atoms with Crippen LogP contribution in [0.4, 0.5) is 5.69 Å². The van der Waals surface area contributed by atoms with Gasteiger partial charge in [-0.25, -0.2) is 5.01 Å². The van der Waals surface area contributed by atoms with Crippen molar-refractivity contribution in [1.82, 2.24) is 10.4 Å². The number of nitrogens with zero attached hydrogens (tertiary/aromatic N) is 1. The molecule has 0 saturated carbocycles. The van der Waals surface area contributed by atoms with Crippen molar-refractivity contribution in [1.29, 1.82) is 0 Å². The topological polar surface area (TPSA) is 58.4 Å². The maximum atomic E-state index is 12.0. The average molecular weight is 298 g/mol. The molecule has 0 atom stereocenters. The van der Waals surface area contributed by atoms with E-state index in [4.69, 9.17) is 5.73 Å². The zero-order chi connectivity index (χ0) is 12.3. The van der Waals surface area contributed by atoms with E-state index < -0.39 is 0 Å². The van der Waals surface area contributed by atoms with Crippen LogP contribution in [0.2, 0.25) is 0 Å². The van der Waals surface area contributed by atoms with Gasteiger partial charge in [-0.05, 0) is 31.0 Å². The molecule has 1 saturated heterocycles. The Kier molecular flexibility index (Phi) is 4.02. The van der Waals surface area contributed by atoms with Crippen molar-refractivity contribution >= 4 is 27.5 Å². The zero-order valence-electron chi connectivity index (χ0n) is 9.58. The van der Waals surface area contributed by atoms with E-state index in [0.717, 1.165) is 30.4 Å². The van der Waals surface area contributed by atoms with E-state index in [9.17, 15) is 4.79 Å². The number of carbonyl (C=O) groups excluding carboxylic acids is 1. The first-order valence-corrected chi connectivity index (χ1v) is 6.57. The molecule has 2 rings (SSSR count). The third-order valence-electron chi connectivity index (χ3n) is 2.88. The maximum absolute atomic E-state index is 12.0. The molecule has 0 bridgehead atoms. The highest BCUT2D eigenvalue weighted by molar-refractivity contribution is 9.10. The molecule has 1 aromatic carbocycles. The molecule has 4 nitrogen and oxygen atoms in total. The monoisotopic (exact) mass is 297 g/mol. The molecular weight excluding hydrogens is 282 g/mol. The molecule has 0 aliphatic carbocycles. The number of amides is 1. The van der Waals surface area contributed by atoms with E-state index >= 15 is 0 Å². The van der Waals surface area contributed by atoms with Crippen molar-refractivity contribution in [3.05, 3.63) is 28.2 Å². The number of halogens is 1. The summed E-state index contributed by atoms with van der Waals surface area (Å²) in [5.74, 6) is -0.134. The molecule has 5 heteroatoms. The lowest BCUT2D eigenvalue weighted by Gasteiger charge is -2.27. The number of hydrogen-bond donors (Lipinski definition) is 2. The van der Waals surface area contributed by atoms with E-state index in [1.165, 1.54) is 6.42 Å². The number of anilines is 1. The normalized spacial score (nSPS) is 16.8. The number of nitrogens with one attached hydrogen (secondary N) is 1. The van der Waals surface area contributed by atoms with Crippen molar-refractivity contribution in [2.45, 2.75) is 19.3 Å². The Hall–Kier alpha value is -1.07. The van der Waals surface area contributed by atoms with E-state index in [-0.39, 0.29) is 5.91 Å². The fourth-order valence-corrected chi connectivity index (χ4v) is 2.30. The second kappa shape index (κ2) is 5.51. The van der Waals surface area contributed by atoms with Crippen LogP contribution in [0, 0.1) is 0 Å². The fraction of sp³-hybridized carbons (Fsp3) is 0.417. The first-order valence-electron chi connectivity index (χ1n) is 5.78. The number of benzene rings is 1. The lowest BCUT2D eigenvalue weighted by molar-refractivity contribution is 0.0751. The summed E-state index contributed by atoms with van der Waals surface area (Å²) in [6.45, 7) is 1.83. The Bertz CT molecular complexity index is 416. The Morgan fingerprint density at radius 1 is 1.29 bits per heavy atom. The van der Waals surface area contributed by atoms with Gasteiger partial charge < -0.3 is 5.73 Å². The third-order valence-corrected chi connectivity index (χ3v) is 3.37. The summed E-state index contributed by atoms with van der Waals surface area (Å²) in [6.07, 6.45) is 3.51. The SMILES string of the molecule is Nc1ccc(Br)cc1C(=O)NN1CCCCC1. The van der Waals surface area contributed by atoms with Gasteiger partial charge in [-0.3, -0.25) is 10.2 Å². The predicted molar refractivity (Wildman–Crippen MR) is 71.4 cm³/mol. The molecule has 1 aromatic rings. The van der Waals surface area contributed by atoms with Gasteiger partial charge in [-0.2, -0.15) is 0 Å². The average Bonchev–Trinajstić information content (AvgIpc) is 2.33. The number of nitrogens with two attached hydrogens (primary N) is 1. The van der Waals surface area contributed by atoms with Gasteiger partial charge in [0.15, 0.2) is 0 Å².